The van der Waals surface area contributed by atoms with Crippen LogP contribution in [-0.2, 0) is 6.42 Å². The van der Waals surface area contributed by atoms with Crippen molar-refractivity contribution in [2.45, 2.75) is 19.4 Å². The lowest BCUT2D eigenvalue weighted by Gasteiger charge is -2.24. The van der Waals surface area contributed by atoms with Gasteiger partial charge >= 0.3 is 6.03 Å². The normalized spacial score (nSPS) is 16.2. The van der Waals surface area contributed by atoms with Gasteiger partial charge in [-0.05, 0) is 42.2 Å². The van der Waals surface area contributed by atoms with Gasteiger partial charge in [0.1, 0.15) is 0 Å². The molecule has 1 aliphatic rings. The van der Waals surface area contributed by atoms with E-state index in [9.17, 15) is 4.79 Å². The number of carbonyl (C=O) groups is 1. The molecule has 26 heavy (non-hydrogen) atoms. The first-order chi connectivity index (χ1) is 12.6. The first-order valence-electron chi connectivity index (χ1n) is 8.61. The van der Waals surface area contributed by atoms with E-state index in [4.69, 9.17) is 9.47 Å². The Labute approximate surface area is 154 Å². The van der Waals surface area contributed by atoms with Crippen LogP contribution in [0.5, 0.6) is 11.5 Å². The Morgan fingerprint density at radius 1 is 1.12 bits per heavy atom. The van der Waals surface area contributed by atoms with Gasteiger partial charge < -0.3 is 14.8 Å². The van der Waals surface area contributed by atoms with E-state index < -0.39 is 0 Å². The van der Waals surface area contributed by atoms with Gasteiger partial charge in [0, 0.05) is 24.9 Å². The molecule has 0 fully saturated rings. The highest BCUT2D eigenvalue weighted by Gasteiger charge is 2.26. The van der Waals surface area contributed by atoms with E-state index in [1.807, 2.05) is 55.6 Å². The van der Waals surface area contributed by atoms with Gasteiger partial charge in [-0.15, -0.1) is 0 Å². The smallest absolute Gasteiger partial charge is 0.321 e. The van der Waals surface area contributed by atoms with E-state index in [2.05, 4.69) is 5.32 Å². The Morgan fingerprint density at radius 2 is 1.77 bits per heavy atom. The van der Waals surface area contributed by atoms with E-state index in [0.29, 0.717) is 11.5 Å². The zero-order valence-electron chi connectivity index (χ0n) is 15.6. The molecule has 1 heterocycles. The highest BCUT2D eigenvalue weighted by molar-refractivity contribution is 5.86. The van der Waals surface area contributed by atoms with Gasteiger partial charge in [-0.2, -0.15) is 0 Å². The van der Waals surface area contributed by atoms with E-state index in [1.165, 1.54) is 0 Å². The number of hydrogen-bond acceptors (Lipinski definition) is 3. The molecule has 0 aromatic heterocycles. The zero-order valence-corrected chi connectivity index (χ0v) is 15.6. The van der Waals surface area contributed by atoms with Crippen molar-refractivity contribution in [2.24, 2.45) is 0 Å². The lowest BCUT2D eigenvalue weighted by atomic mass is 9.92. The van der Waals surface area contributed by atoms with Crippen molar-refractivity contribution in [2.75, 3.05) is 21.3 Å². The van der Waals surface area contributed by atoms with Gasteiger partial charge in [-0.3, -0.25) is 4.90 Å². The molecule has 0 radical (unpaired) electrons. The summed E-state index contributed by atoms with van der Waals surface area (Å²) in [6, 6.07) is 13.9. The first-order valence-corrected chi connectivity index (χ1v) is 8.61. The average Bonchev–Trinajstić information content (AvgIpc) is 2.82. The SMILES string of the molecule is CNC(=O)N1C=C(c2ccccc2)c2cc(OC)c(OC)cc2CC1C. The molecule has 5 nitrogen and oxygen atoms in total. The number of rotatable bonds is 3. The fourth-order valence-corrected chi connectivity index (χ4v) is 3.33. The highest BCUT2D eigenvalue weighted by atomic mass is 16.5. The lowest BCUT2D eigenvalue weighted by Crippen LogP contribution is -2.40. The second kappa shape index (κ2) is 7.52. The van der Waals surface area contributed by atoms with Crippen molar-refractivity contribution < 1.29 is 14.3 Å². The van der Waals surface area contributed by atoms with E-state index >= 15 is 0 Å². The summed E-state index contributed by atoms with van der Waals surface area (Å²) in [5.74, 6) is 1.37. The Balaban J connectivity index is 2.24. The minimum atomic E-state index is -0.127. The number of fused-ring (bicyclic) bond motifs is 1. The molecule has 2 aromatic carbocycles. The van der Waals surface area contributed by atoms with Crippen LogP contribution in [0.1, 0.15) is 23.6 Å². The molecule has 1 unspecified atom stereocenters. The third-order valence-corrected chi connectivity index (χ3v) is 4.69. The number of hydrogen-bond donors (Lipinski definition) is 1. The molecule has 2 aromatic rings. The third kappa shape index (κ3) is 3.25. The van der Waals surface area contributed by atoms with Gasteiger partial charge in [0.15, 0.2) is 11.5 Å². The molecule has 0 aliphatic carbocycles. The summed E-state index contributed by atoms with van der Waals surface area (Å²) in [7, 11) is 4.91. The van der Waals surface area contributed by atoms with Crippen LogP contribution in [-0.4, -0.2) is 38.2 Å². The van der Waals surface area contributed by atoms with Crippen LogP contribution in [0.25, 0.3) is 5.57 Å². The number of carbonyl (C=O) groups excluding carboxylic acids is 1. The largest absolute Gasteiger partial charge is 0.493 e. The summed E-state index contributed by atoms with van der Waals surface area (Å²) in [4.78, 5) is 14.2. The fraction of sp³-hybridized carbons (Fsp3) is 0.286. The van der Waals surface area contributed by atoms with Crippen LogP contribution in [0.15, 0.2) is 48.7 Å². The Bertz CT molecular complexity index is 831. The van der Waals surface area contributed by atoms with Gasteiger partial charge in [0.2, 0.25) is 0 Å². The number of nitrogens with zero attached hydrogens (tertiary/aromatic N) is 1. The molecule has 3 rings (SSSR count). The summed E-state index contributed by atoms with van der Waals surface area (Å²) in [5, 5.41) is 2.73. The van der Waals surface area contributed by atoms with Crippen LogP contribution < -0.4 is 14.8 Å². The van der Waals surface area contributed by atoms with Crippen LogP contribution in [0.3, 0.4) is 0 Å². The molecule has 2 amide bonds. The number of methoxy groups -OCH3 is 2. The molecule has 5 heteroatoms. The molecule has 1 N–H and O–H groups in total. The Morgan fingerprint density at radius 3 is 2.38 bits per heavy atom. The van der Waals surface area contributed by atoms with Crippen LogP contribution in [0.2, 0.25) is 0 Å². The third-order valence-electron chi connectivity index (χ3n) is 4.69. The lowest BCUT2D eigenvalue weighted by molar-refractivity contribution is 0.205. The number of amides is 2. The number of urea groups is 1. The van der Waals surface area contributed by atoms with Gasteiger partial charge in [-0.1, -0.05) is 30.3 Å². The van der Waals surface area contributed by atoms with Crippen molar-refractivity contribution >= 4 is 11.6 Å². The topological polar surface area (TPSA) is 50.8 Å². The van der Waals surface area contributed by atoms with Crippen LogP contribution in [0.4, 0.5) is 4.79 Å². The van der Waals surface area contributed by atoms with E-state index in [-0.39, 0.29) is 12.1 Å². The predicted molar refractivity (Wildman–Crippen MR) is 103 cm³/mol. The van der Waals surface area contributed by atoms with E-state index in [1.54, 1.807) is 26.2 Å². The fourth-order valence-electron chi connectivity index (χ4n) is 3.33. The maximum Gasteiger partial charge on any atom is 0.321 e. The molecule has 0 spiro atoms. The number of benzene rings is 2. The molecular formula is C21H24N2O3. The van der Waals surface area contributed by atoms with Crippen molar-refractivity contribution in [3.63, 3.8) is 0 Å². The summed E-state index contributed by atoms with van der Waals surface area (Å²) in [6.07, 6.45) is 2.65. The standard InChI is InChI=1S/C21H24N2O3/c1-14-10-16-11-19(25-3)20(26-4)12-17(16)18(13-23(14)21(24)22-2)15-8-6-5-7-9-15/h5-9,11-14H,10H2,1-4H3,(H,22,24). The zero-order chi connectivity index (χ0) is 18.7. The first kappa shape index (κ1) is 17.9. The number of nitrogens with one attached hydrogen (secondary N) is 1. The van der Waals surface area contributed by atoms with Crippen LogP contribution >= 0.6 is 0 Å². The summed E-state index contributed by atoms with van der Waals surface area (Å²) in [5.41, 5.74) is 4.20. The monoisotopic (exact) mass is 352 g/mol. The molecule has 1 aliphatic heterocycles. The maximum atomic E-state index is 12.4. The second-order valence-electron chi connectivity index (χ2n) is 6.29. The van der Waals surface area contributed by atoms with Gasteiger partial charge in [0.05, 0.1) is 14.2 Å². The van der Waals surface area contributed by atoms with Crippen molar-refractivity contribution in [1.82, 2.24) is 10.2 Å². The molecule has 0 saturated heterocycles. The quantitative estimate of drug-likeness (QED) is 0.917. The van der Waals surface area contributed by atoms with Gasteiger partial charge in [-0.25, -0.2) is 4.79 Å². The minimum absolute atomic E-state index is 0.00742. The Hall–Kier alpha value is -2.95. The Kier molecular flexibility index (Phi) is 5.16. The van der Waals surface area contributed by atoms with Crippen molar-refractivity contribution in [1.29, 1.82) is 0 Å². The molecule has 136 valence electrons. The molecule has 0 saturated carbocycles. The summed E-state index contributed by atoms with van der Waals surface area (Å²) < 4.78 is 11.0. The minimum Gasteiger partial charge on any atom is -0.493 e. The van der Waals surface area contributed by atoms with E-state index in [0.717, 1.165) is 28.7 Å². The van der Waals surface area contributed by atoms with Crippen LogP contribution in [0, 0.1) is 0 Å². The molecule has 0 bridgehead atoms. The molecular weight excluding hydrogens is 328 g/mol. The molecule has 1 atom stereocenters. The summed E-state index contributed by atoms with van der Waals surface area (Å²) >= 11 is 0. The van der Waals surface area contributed by atoms with Gasteiger partial charge in [0.25, 0.3) is 0 Å². The van der Waals surface area contributed by atoms with Crippen molar-refractivity contribution in [3.8, 4) is 11.5 Å². The number of ether oxygens (including phenoxy) is 2. The highest BCUT2D eigenvalue weighted by Crippen LogP contribution is 2.38. The summed E-state index contributed by atoms with van der Waals surface area (Å²) in [6.45, 7) is 2.04. The maximum absolute atomic E-state index is 12.4. The predicted octanol–water partition coefficient (Wildman–Crippen LogP) is 3.68. The van der Waals surface area contributed by atoms with Crippen molar-refractivity contribution in [3.05, 3.63) is 65.4 Å². The average molecular weight is 352 g/mol. The second-order valence-corrected chi connectivity index (χ2v) is 6.29.